The average molecular weight is 69.1 g/mol. The average Bonchev–Trinajstić information content (AvgIpc) is 1.41. The Hall–Kier alpha value is -0.880. The second-order valence-corrected chi connectivity index (χ2v) is 0.447. The van der Waals surface area contributed by atoms with Gasteiger partial charge in [0.15, 0.2) is 6.29 Å². The van der Waals surface area contributed by atoms with Gasteiger partial charge >= 0.3 is 0 Å². The van der Waals surface area contributed by atoms with E-state index in [-0.39, 0.29) is 0 Å². The number of carbonyl (C=O) groups excluding carboxylic acids is 1. The molecule has 5 heavy (non-hydrogen) atoms. The van der Waals surface area contributed by atoms with Crippen LogP contribution >= 0.6 is 0 Å². The van der Waals surface area contributed by atoms with Crippen molar-refractivity contribution in [3.63, 3.8) is 0 Å². The largest absolute Gasteiger partial charge is 0.298 e. The van der Waals surface area contributed by atoms with Gasteiger partial charge in [-0.05, 0) is 5.87 Å². The molecule has 0 unspecified atom stereocenters. The van der Waals surface area contributed by atoms with Gasteiger partial charge in [0.25, 0.3) is 0 Å². The quantitative estimate of drug-likeness (QED) is 0.262. The second kappa shape index (κ2) is 3.12. The maximum absolute atomic E-state index is 9.17. The number of carbonyl (C=O) groups is 1. The molecule has 0 saturated carbocycles. The van der Waals surface area contributed by atoms with Crippen LogP contribution in [0, 0.1) is 5.41 Å². The van der Waals surface area contributed by atoms with Crippen LogP contribution < -0.4 is 0 Å². The molecular weight excluding hydrogens is 66.0 g/mol. The molecule has 2 heteroatoms. The van der Waals surface area contributed by atoms with E-state index in [1.165, 1.54) is 0 Å². The fraction of sp³-hybridized carbons (Fsp3) is 0. The molecule has 0 aliphatic carbocycles. The van der Waals surface area contributed by atoms with E-state index < -0.39 is 0 Å². The minimum atomic E-state index is 0.507. The van der Waals surface area contributed by atoms with E-state index in [4.69, 9.17) is 10.2 Å². The Bertz CT molecular complexity index is 71.0. The topological polar surface area (TPSA) is 40.9 Å². The Morgan fingerprint density at radius 2 is 2.40 bits per heavy atom. The lowest BCUT2D eigenvalue weighted by Crippen LogP contribution is -1.52. The lowest BCUT2D eigenvalue weighted by molar-refractivity contribution is -0.104. The minimum absolute atomic E-state index is 0.507. The molecule has 0 atom stereocenters. The van der Waals surface area contributed by atoms with Gasteiger partial charge in [-0.1, -0.05) is 0 Å². The van der Waals surface area contributed by atoms with E-state index in [1.807, 2.05) is 0 Å². The van der Waals surface area contributed by atoms with Crippen LogP contribution in [0.15, 0.2) is 6.08 Å². The fourth-order valence-electron chi connectivity index (χ4n) is 0.0340. The van der Waals surface area contributed by atoms with Crippen LogP contribution in [0.3, 0.4) is 0 Å². The van der Waals surface area contributed by atoms with Gasteiger partial charge in [-0.15, -0.1) is 0 Å². The molecule has 0 bridgehead atoms. The van der Waals surface area contributed by atoms with Crippen LogP contribution in [0.5, 0.6) is 0 Å². The standard InChI is InChI=1S/C3H3NO/c4-2-1-3-5/h1,3-4H. The number of nitrogens with one attached hydrogen (secondary N) is 1. The molecule has 2 nitrogen and oxygen atoms in total. The molecule has 0 rings (SSSR count). The highest BCUT2D eigenvalue weighted by molar-refractivity contribution is 5.77. The predicted molar refractivity (Wildman–Crippen MR) is 18.4 cm³/mol. The number of hydrogen-bond donors (Lipinski definition) is 1. The molecule has 0 aliphatic rings. The molecular formula is C3H3NO. The van der Waals surface area contributed by atoms with Gasteiger partial charge in [-0.3, -0.25) is 10.2 Å². The van der Waals surface area contributed by atoms with Crippen LogP contribution in [0.1, 0.15) is 0 Å². The molecule has 0 spiro atoms. The summed E-state index contributed by atoms with van der Waals surface area (Å²) in [4.78, 5) is 9.17. The summed E-state index contributed by atoms with van der Waals surface area (Å²) < 4.78 is 0. The van der Waals surface area contributed by atoms with Gasteiger partial charge in [0.2, 0.25) is 0 Å². The van der Waals surface area contributed by atoms with Gasteiger partial charge in [-0.25, -0.2) is 0 Å². The highest BCUT2D eigenvalue weighted by Crippen LogP contribution is 1.34. The van der Waals surface area contributed by atoms with Crippen molar-refractivity contribution in [3.8, 4) is 0 Å². The van der Waals surface area contributed by atoms with E-state index in [0.717, 1.165) is 6.08 Å². The molecule has 0 aromatic rings. The fourth-order valence-corrected chi connectivity index (χ4v) is 0.0340. The summed E-state index contributed by atoms with van der Waals surface area (Å²) in [6, 6.07) is 0. The first kappa shape index (κ1) is 4.12. The third-order valence-electron chi connectivity index (χ3n) is 0.151. The maximum Gasteiger partial charge on any atom is 0.152 e. The smallest absolute Gasteiger partial charge is 0.152 e. The number of allylic oxidation sites excluding steroid dienone is 1. The highest BCUT2D eigenvalue weighted by Gasteiger charge is 1.45. The molecule has 0 saturated heterocycles. The Labute approximate surface area is 29.6 Å². The van der Waals surface area contributed by atoms with E-state index in [9.17, 15) is 0 Å². The first-order valence-electron chi connectivity index (χ1n) is 1.11. The monoisotopic (exact) mass is 69.0 g/mol. The second-order valence-electron chi connectivity index (χ2n) is 0.447. The Morgan fingerprint density at radius 1 is 1.80 bits per heavy atom. The molecule has 0 aliphatic heterocycles. The molecule has 26 valence electrons. The predicted octanol–water partition coefficient (Wildman–Crippen LogP) is -0.0100. The zero-order chi connectivity index (χ0) is 4.12. The summed E-state index contributed by atoms with van der Waals surface area (Å²) in [6.07, 6.45) is 1.49. The summed E-state index contributed by atoms with van der Waals surface area (Å²) in [5.41, 5.74) is 0. The van der Waals surface area contributed by atoms with E-state index in [1.54, 1.807) is 5.87 Å². The number of aldehydes is 1. The molecule has 0 aromatic carbocycles. The summed E-state index contributed by atoms with van der Waals surface area (Å²) in [5.74, 6) is 1.77. The third kappa shape index (κ3) is 3.12. The van der Waals surface area contributed by atoms with Crippen molar-refractivity contribution in [1.29, 1.82) is 5.41 Å². The molecule has 0 amide bonds. The van der Waals surface area contributed by atoms with Gasteiger partial charge in [0, 0.05) is 6.08 Å². The van der Waals surface area contributed by atoms with Crippen molar-refractivity contribution in [2.75, 3.05) is 0 Å². The summed E-state index contributed by atoms with van der Waals surface area (Å²) >= 11 is 0. The SMILES string of the molecule is N=C=CC=O. The number of rotatable bonds is 1. The van der Waals surface area contributed by atoms with Gasteiger partial charge < -0.3 is 0 Å². The Kier molecular flexibility index (Phi) is 2.57. The van der Waals surface area contributed by atoms with E-state index in [2.05, 4.69) is 0 Å². The van der Waals surface area contributed by atoms with Crippen LogP contribution in [0.2, 0.25) is 0 Å². The van der Waals surface area contributed by atoms with Crippen molar-refractivity contribution < 1.29 is 4.79 Å². The van der Waals surface area contributed by atoms with Gasteiger partial charge in [0.1, 0.15) is 0 Å². The van der Waals surface area contributed by atoms with Crippen LogP contribution in [0.4, 0.5) is 0 Å². The van der Waals surface area contributed by atoms with Crippen LogP contribution in [-0.4, -0.2) is 12.2 Å². The third-order valence-corrected chi connectivity index (χ3v) is 0.151. The zero-order valence-electron chi connectivity index (χ0n) is 2.56. The molecule has 0 radical (unpaired) electrons. The van der Waals surface area contributed by atoms with Crippen molar-refractivity contribution in [2.45, 2.75) is 0 Å². The van der Waals surface area contributed by atoms with Crippen LogP contribution in [-0.2, 0) is 4.79 Å². The summed E-state index contributed by atoms with van der Waals surface area (Å²) in [6.45, 7) is 0. The lowest BCUT2D eigenvalue weighted by atomic mass is 10.7. The molecule has 0 aromatic heterocycles. The zero-order valence-corrected chi connectivity index (χ0v) is 2.56. The normalized spacial score (nSPS) is 4.80. The molecule has 0 heterocycles. The maximum atomic E-state index is 9.17. The molecule has 0 fully saturated rings. The first-order chi connectivity index (χ1) is 2.41. The number of hydrogen-bond acceptors (Lipinski definition) is 2. The molecule has 1 N–H and O–H groups in total. The van der Waals surface area contributed by atoms with E-state index >= 15 is 0 Å². The van der Waals surface area contributed by atoms with Crippen molar-refractivity contribution >= 4 is 12.2 Å². The van der Waals surface area contributed by atoms with E-state index in [0.29, 0.717) is 6.29 Å². The minimum Gasteiger partial charge on any atom is -0.298 e. The highest BCUT2D eigenvalue weighted by atomic mass is 16.1. The van der Waals surface area contributed by atoms with Gasteiger partial charge in [0.05, 0.1) is 0 Å². The van der Waals surface area contributed by atoms with Crippen molar-refractivity contribution in [3.05, 3.63) is 6.08 Å². The summed E-state index contributed by atoms with van der Waals surface area (Å²) in [5, 5.41) is 6.07. The summed E-state index contributed by atoms with van der Waals surface area (Å²) in [7, 11) is 0. The lowest BCUT2D eigenvalue weighted by Gasteiger charge is -1.40. The van der Waals surface area contributed by atoms with Crippen molar-refractivity contribution in [2.24, 2.45) is 0 Å². The Morgan fingerprint density at radius 3 is 2.40 bits per heavy atom. The van der Waals surface area contributed by atoms with Crippen molar-refractivity contribution in [1.82, 2.24) is 0 Å². The van der Waals surface area contributed by atoms with Crippen LogP contribution in [0.25, 0.3) is 0 Å². The van der Waals surface area contributed by atoms with Gasteiger partial charge in [-0.2, -0.15) is 0 Å². The Balaban J connectivity index is 3.31. The first-order valence-corrected chi connectivity index (χ1v) is 1.11.